The molecule has 5 nitrogen and oxygen atoms in total. The lowest BCUT2D eigenvalue weighted by molar-refractivity contribution is -0.116. The highest BCUT2D eigenvalue weighted by Crippen LogP contribution is 2.21. The zero-order valence-electron chi connectivity index (χ0n) is 14.5. The number of nitrogens with one attached hydrogen (secondary N) is 1. The summed E-state index contributed by atoms with van der Waals surface area (Å²) in [5.74, 6) is -0.205. The monoisotopic (exact) mass is 355 g/mol. The van der Waals surface area contributed by atoms with Crippen molar-refractivity contribution in [3.8, 4) is 11.1 Å². The molecule has 0 aliphatic rings. The molecule has 1 N–H and O–H groups in total. The Morgan fingerprint density at radius 2 is 1.52 bits per heavy atom. The molecule has 4 aromatic rings. The van der Waals surface area contributed by atoms with Gasteiger partial charge in [-0.1, -0.05) is 54.6 Å². The molecule has 5 heteroatoms. The summed E-state index contributed by atoms with van der Waals surface area (Å²) in [6.45, 7) is 0.0290. The number of aromatic nitrogens is 2. The molecule has 4 rings (SSSR count). The van der Waals surface area contributed by atoms with Crippen molar-refractivity contribution in [1.82, 2.24) is 9.78 Å². The third kappa shape index (κ3) is 3.62. The van der Waals surface area contributed by atoms with E-state index in [1.54, 1.807) is 18.2 Å². The molecule has 27 heavy (non-hydrogen) atoms. The molecule has 1 aromatic heterocycles. The predicted molar refractivity (Wildman–Crippen MR) is 107 cm³/mol. The zero-order valence-corrected chi connectivity index (χ0v) is 14.5. The summed E-state index contributed by atoms with van der Waals surface area (Å²) in [6.07, 6.45) is 1.24. The number of para-hydroxylation sites is 1. The summed E-state index contributed by atoms with van der Waals surface area (Å²) in [5.41, 5.74) is 3.41. The number of fused-ring (bicyclic) bond motifs is 1. The van der Waals surface area contributed by atoms with Crippen LogP contribution in [0.2, 0.25) is 0 Å². The van der Waals surface area contributed by atoms with E-state index in [2.05, 4.69) is 10.4 Å². The minimum absolute atomic E-state index is 0.0290. The van der Waals surface area contributed by atoms with E-state index in [0.717, 1.165) is 11.1 Å². The van der Waals surface area contributed by atoms with E-state index in [4.69, 9.17) is 0 Å². The van der Waals surface area contributed by atoms with Crippen molar-refractivity contribution in [2.45, 2.75) is 6.54 Å². The highest BCUT2D eigenvalue weighted by atomic mass is 16.2. The largest absolute Gasteiger partial charge is 0.324 e. The molecule has 3 aromatic carbocycles. The number of benzene rings is 3. The molecule has 0 aliphatic heterocycles. The second kappa shape index (κ2) is 7.25. The first-order valence-electron chi connectivity index (χ1n) is 8.61. The fraction of sp³-hybridized carbons (Fsp3) is 0.0455. The lowest BCUT2D eigenvalue weighted by atomic mass is 10.1. The number of anilines is 1. The van der Waals surface area contributed by atoms with Gasteiger partial charge in [-0.15, -0.1) is 0 Å². The van der Waals surface area contributed by atoms with Gasteiger partial charge < -0.3 is 5.32 Å². The van der Waals surface area contributed by atoms with Crippen LogP contribution in [0.5, 0.6) is 0 Å². The maximum atomic E-state index is 12.4. The lowest BCUT2D eigenvalue weighted by Crippen LogP contribution is -2.22. The molecule has 1 heterocycles. The predicted octanol–water partition coefficient (Wildman–Crippen LogP) is 3.70. The van der Waals surface area contributed by atoms with Gasteiger partial charge in [0.15, 0.2) is 0 Å². The van der Waals surface area contributed by atoms with Crippen molar-refractivity contribution < 1.29 is 4.79 Å². The molecule has 0 unspecified atom stereocenters. The Hall–Kier alpha value is -3.73. The molecular weight excluding hydrogens is 338 g/mol. The molecule has 0 radical (unpaired) electrons. The van der Waals surface area contributed by atoms with Crippen LogP contribution < -0.4 is 10.7 Å². The maximum Gasteiger partial charge on any atom is 0.246 e. The summed E-state index contributed by atoms with van der Waals surface area (Å²) < 4.78 is 1.53. The third-order valence-electron chi connectivity index (χ3n) is 4.33. The fourth-order valence-corrected chi connectivity index (χ4v) is 3.00. The van der Waals surface area contributed by atoms with Gasteiger partial charge in [-0.3, -0.25) is 14.3 Å². The number of hydrogen-bond acceptors (Lipinski definition) is 3. The Kier molecular flexibility index (Phi) is 4.49. The van der Waals surface area contributed by atoms with Crippen molar-refractivity contribution >= 4 is 22.5 Å². The van der Waals surface area contributed by atoms with Crippen LogP contribution in [0.25, 0.3) is 22.0 Å². The molecule has 132 valence electrons. The van der Waals surface area contributed by atoms with Gasteiger partial charge in [0.1, 0.15) is 6.54 Å². The molecule has 0 saturated carbocycles. The van der Waals surface area contributed by atoms with Crippen molar-refractivity contribution in [3.63, 3.8) is 0 Å². The number of carbonyl (C=O) groups excluding carboxylic acids is 1. The van der Waals surface area contributed by atoms with Crippen LogP contribution >= 0.6 is 0 Å². The van der Waals surface area contributed by atoms with Crippen LogP contribution in [0.4, 0.5) is 5.69 Å². The summed E-state index contributed by atoms with van der Waals surface area (Å²) in [7, 11) is 0. The first-order valence-corrected chi connectivity index (χ1v) is 8.61. The Morgan fingerprint density at radius 3 is 2.30 bits per heavy atom. The van der Waals surface area contributed by atoms with Gasteiger partial charge in [-0.05, 0) is 35.4 Å². The lowest BCUT2D eigenvalue weighted by Gasteiger charge is -2.10. The highest BCUT2D eigenvalue weighted by molar-refractivity contribution is 5.91. The van der Waals surface area contributed by atoms with Crippen LogP contribution in [-0.2, 0) is 11.3 Å². The quantitative estimate of drug-likeness (QED) is 0.607. The van der Waals surface area contributed by atoms with Crippen LogP contribution in [-0.4, -0.2) is 15.7 Å². The van der Waals surface area contributed by atoms with Crippen LogP contribution in [0.1, 0.15) is 0 Å². The second-order valence-electron chi connectivity index (χ2n) is 6.18. The molecule has 0 saturated heterocycles. The second-order valence-corrected chi connectivity index (χ2v) is 6.18. The number of amides is 1. The van der Waals surface area contributed by atoms with Crippen molar-refractivity contribution in [2.75, 3.05) is 5.32 Å². The van der Waals surface area contributed by atoms with E-state index in [0.29, 0.717) is 16.6 Å². The molecular formula is C22H17N3O2. The standard InChI is InChI=1S/C22H17N3O2/c26-21-14-23-25(20-9-5-4-8-19(20)21)15-22(27)24-18-12-10-17(11-13-18)16-6-2-1-3-7-16/h1-14H,15H2,(H,24,27). The summed E-state index contributed by atoms with van der Waals surface area (Å²) in [4.78, 5) is 24.3. The van der Waals surface area contributed by atoms with E-state index in [-0.39, 0.29) is 17.9 Å². The van der Waals surface area contributed by atoms with Crippen molar-refractivity contribution in [3.05, 3.63) is 95.3 Å². The van der Waals surface area contributed by atoms with Crippen LogP contribution in [0.15, 0.2) is 89.9 Å². The average molecular weight is 355 g/mol. The van der Waals surface area contributed by atoms with E-state index < -0.39 is 0 Å². The third-order valence-corrected chi connectivity index (χ3v) is 4.33. The highest BCUT2D eigenvalue weighted by Gasteiger charge is 2.08. The summed E-state index contributed by atoms with van der Waals surface area (Å²) >= 11 is 0. The Bertz CT molecular complexity index is 1150. The molecule has 0 fully saturated rings. The van der Waals surface area contributed by atoms with E-state index >= 15 is 0 Å². The molecule has 0 spiro atoms. The van der Waals surface area contributed by atoms with E-state index in [1.807, 2.05) is 60.7 Å². The Labute approximate surface area is 155 Å². The molecule has 1 amide bonds. The molecule has 0 bridgehead atoms. The van der Waals surface area contributed by atoms with Gasteiger partial charge in [0.2, 0.25) is 11.3 Å². The van der Waals surface area contributed by atoms with Gasteiger partial charge in [0, 0.05) is 11.1 Å². The zero-order chi connectivity index (χ0) is 18.6. The van der Waals surface area contributed by atoms with E-state index in [9.17, 15) is 9.59 Å². The minimum Gasteiger partial charge on any atom is -0.324 e. The molecule has 0 atom stereocenters. The minimum atomic E-state index is -0.205. The summed E-state index contributed by atoms with van der Waals surface area (Å²) in [5, 5.41) is 7.50. The SMILES string of the molecule is O=C(Cn1ncc(=O)c2ccccc21)Nc1ccc(-c2ccccc2)cc1. The Morgan fingerprint density at radius 1 is 0.852 bits per heavy atom. The van der Waals surface area contributed by atoms with Crippen molar-refractivity contribution in [1.29, 1.82) is 0 Å². The maximum absolute atomic E-state index is 12.4. The Balaban J connectivity index is 1.50. The number of rotatable bonds is 4. The fourth-order valence-electron chi connectivity index (χ4n) is 3.00. The first-order chi connectivity index (χ1) is 13.2. The van der Waals surface area contributed by atoms with Gasteiger partial charge in [0.25, 0.3) is 0 Å². The van der Waals surface area contributed by atoms with Crippen LogP contribution in [0.3, 0.4) is 0 Å². The van der Waals surface area contributed by atoms with Crippen molar-refractivity contribution in [2.24, 2.45) is 0 Å². The van der Waals surface area contributed by atoms with E-state index in [1.165, 1.54) is 10.9 Å². The smallest absolute Gasteiger partial charge is 0.246 e. The average Bonchev–Trinajstić information content (AvgIpc) is 2.71. The molecule has 0 aliphatic carbocycles. The van der Waals surface area contributed by atoms with Crippen LogP contribution in [0, 0.1) is 0 Å². The summed E-state index contributed by atoms with van der Waals surface area (Å²) in [6, 6.07) is 24.9. The van der Waals surface area contributed by atoms with Gasteiger partial charge >= 0.3 is 0 Å². The normalized spacial score (nSPS) is 10.7. The number of hydrogen-bond donors (Lipinski definition) is 1. The topological polar surface area (TPSA) is 64.0 Å². The van der Waals surface area contributed by atoms with Gasteiger partial charge in [-0.25, -0.2) is 0 Å². The number of nitrogens with zero attached hydrogens (tertiary/aromatic N) is 2. The van der Waals surface area contributed by atoms with Gasteiger partial charge in [0.05, 0.1) is 11.7 Å². The number of carbonyl (C=O) groups is 1. The van der Waals surface area contributed by atoms with Gasteiger partial charge in [-0.2, -0.15) is 5.10 Å². The first kappa shape index (κ1) is 16.7.